The van der Waals surface area contributed by atoms with E-state index in [2.05, 4.69) is 28.5 Å². The third-order valence-electron chi connectivity index (χ3n) is 3.72. The van der Waals surface area contributed by atoms with Gasteiger partial charge in [-0.3, -0.25) is 5.10 Å². The quantitative estimate of drug-likeness (QED) is 0.860. The number of aromatic nitrogens is 2. The van der Waals surface area contributed by atoms with Gasteiger partial charge >= 0.3 is 0 Å². The summed E-state index contributed by atoms with van der Waals surface area (Å²) in [6.07, 6.45) is 5.31. The molecule has 0 amide bonds. The van der Waals surface area contributed by atoms with Crippen LogP contribution in [0.1, 0.15) is 30.9 Å². The minimum Gasteiger partial charge on any atom is -0.311 e. The largest absolute Gasteiger partial charge is 0.311 e. The second-order valence-electron chi connectivity index (χ2n) is 5.32. The lowest BCUT2D eigenvalue weighted by atomic mass is 10.0. The summed E-state index contributed by atoms with van der Waals surface area (Å²) in [5.74, 6) is 0. The van der Waals surface area contributed by atoms with E-state index >= 15 is 0 Å². The van der Waals surface area contributed by atoms with Crippen molar-refractivity contribution in [1.82, 2.24) is 15.5 Å². The lowest BCUT2D eigenvalue weighted by Gasteiger charge is -2.11. The van der Waals surface area contributed by atoms with Gasteiger partial charge in [0.1, 0.15) is 0 Å². The van der Waals surface area contributed by atoms with Crippen LogP contribution in [0.4, 0.5) is 0 Å². The van der Waals surface area contributed by atoms with E-state index in [9.17, 15) is 0 Å². The molecule has 0 bridgehead atoms. The number of rotatable bonds is 4. The summed E-state index contributed by atoms with van der Waals surface area (Å²) >= 11 is 0. The normalized spacial score (nSPS) is 16.7. The van der Waals surface area contributed by atoms with Gasteiger partial charge in [-0.1, -0.05) is 0 Å². The Kier molecular flexibility index (Phi) is 2.57. The Balaban J connectivity index is 1.81. The Hall–Kier alpha value is -1.86. The molecule has 1 aromatic heterocycles. The van der Waals surface area contributed by atoms with Gasteiger partial charge in [-0.25, -0.2) is 0 Å². The summed E-state index contributed by atoms with van der Waals surface area (Å²) < 4.78 is 0. The molecule has 0 spiro atoms. The number of nitrogens with one attached hydrogen (secondary N) is 2. The molecule has 0 atom stereocenters. The first-order chi connectivity index (χ1) is 8.70. The highest BCUT2D eigenvalue weighted by molar-refractivity contribution is 5.83. The molecule has 1 aliphatic rings. The number of nitriles is 1. The summed E-state index contributed by atoms with van der Waals surface area (Å²) in [6, 6.07) is 6.02. The summed E-state index contributed by atoms with van der Waals surface area (Å²) in [5, 5.41) is 20.7. The molecule has 4 heteroatoms. The number of nitrogens with zero attached hydrogens (tertiary/aromatic N) is 2. The molecule has 1 saturated carbocycles. The molecular formula is C14H16N4. The van der Waals surface area contributed by atoms with Gasteiger partial charge in [-0.15, -0.1) is 0 Å². The van der Waals surface area contributed by atoms with E-state index in [1.165, 1.54) is 18.4 Å². The van der Waals surface area contributed by atoms with Crippen molar-refractivity contribution in [3.8, 4) is 6.07 Å². The SMILES string of the molecule is CC1(NCCc2cc(C#N)cc3[nH]ncc23)CC1. The smallest absolute Gasteiger partial charge is 0.0992 e. The molecule has 18 heavy (non-hydrogen) atoms. The van der Waals surface area contributed by atoms with Crippen LogP contribution in [0, 0.1) is 11.3 Å². The number of hydrogen-bond donors (Lipinski definition) is 2. The van der Waals surface area contributed by atoms with E-state index in [1.54, 1.807) is 0 Å². The summed E-state index contributed by atoms with van der Waals surface area (Å²) in [7, 11) is 0. The highest BCUT2D eigenvalue weighted by Crippen LogP contribution is 2.34. The van der Waals surface area contributed by atoms with Crippen molar-refractivity contribution in [2.24, 2.45) is 0 Å². The van der Waals surface area contributed by atoms with Gasteiger partial charge in [0, 0.05) is 10.9 Å². The lowest BCUT2D eigenvalue weighted by Crippen LogP contribution is -2.29. The molecule has 4 nitrogen and oxygen atoms in total. The van der Waals surface area contributed by atoms with Crippen LogP contribution in [0.2, 0.25) is 0 Å². The lowest BCUT2D eigenvalue weighted by molar-refractivity contribution is 0.542. The van der Waals surface area contributed by atoms with E-state index in [0.29, 0.717) is 11.1 Å². The fourth-order valence-electron chi connectivity index (χ4n) is 2.26. The van der Waals surface area contributed by atoms with E-state index in [1.807, 2.05) is 18.3 Å². The second kappa shape index (κ2) is 4.11. The van der Waals surface area contributed by atoms with Gasteiger partial charge in [-0.05, 0) is 50.4 Å². The van der Waals surface area contributed by atoms with E-state index in [-0.39, 0.29) is 0 Å². The number of hydrogen-bond acceptors (Lipinski definition) is 3. The Morgan fingerprint density at radius 2 is 2.33 bits per heavy atom. The average molecular weight is 240 g/mol. The zero-order chi connectivity index (χ0) is 12.6. The molecule has 2 N–H and O–H groups in total. The predicted molar refractivity (Wildman–Crippen MR) is 70.2 cm³/mol. The first kappa shape index (κ1) is 11.2. The zero-order valence-corrected chi connectivity index (χ0v) is 10.5. The number of H-pyrrole nitrogens is 1. The Morgan fingerprint density at radius 3 is 3.06 bits per heavy atom. The van der Waals surface area contributed by atoms with E-state index in [4.69, 9.17) is 5.26 Å². The van der Waals surface area contributed by atoms with Crippen LogP contribution in [-0.4, -0.2) is 22.3 Å². The first-order valence-corrected chi connectivity index (χ1v) is 6.31. The molecule has 92 valence electrons. The highest BCUT2D eigenvalue weighted by Gasteiger charge is 2.36. The molecule has 3 rings (SSSR count). The standard InChI is InChI=1S/C14H16N4/c1-14(3-4-14)16-5-2-11-6-10(8-15)7-13-12(11)9-17-18-13/h6-7,9,16H,2-5H2,1H3,(H,17,18). The number of aromatic amines is 1. The van der Waals surface area contributed by atoms with Crippen LogP contribution in [0.5, 0.6) is 0 Å². The predicted octanol–water partition coefficient (Wildman–Crippen LogP) is 2.12. The summed E-state index contributed by atoms with van der Waals surface area (Å²) in [6.45, 7) is 3.21. The molecule has 1 aliphatic carbocycles. The van der Waals surface area contributed by atoms with E-state index < -0.39 is 0 Å². The Morgan fingerprint density at radius 1 is 1.50 bits per heavy atom. The van der Waals surface area contributed by atoms with Crippen molar-refractivity contribution in [3.05, 3.63) is 29.5 Å². The molecule has 1 aromatic carbocycles. The molecule has 0 radical (unpaired) electrons. The maximum absolute atomic E-state index is 9.02. The maximum Gasteiger partial charge on any atom is 0.0992 e. The van der Waals surface area contributed by atoms with E-state index in [0.717, 1.165) is 23.9 Å². The van der Waals surface area contributed by atoms with Gasteiger partial charge in [0.25, 0.3) is 0 Å². The van der Waals surface area contributed by atoms with Crippen LogP contribution in [0.15, 0.2) is 18.3 Å². The third kappa shape index (κ3) is 2.09. The Bertz CT molecular complexity index is 616. The molecule has 0 unspecified atom stereocenters. The minimum absolute atomic E-state index is 0.363. The monoisotopic (exact) mass is 240 g/mol. The van der Waals surface area contributed by atoms with Gasteiger partial charge in [0.05, 0.1) is 23.3 Å². The molecule has 0 aliphatic heterocycles. The van der Waals surface area contributed by atoms with Crippen molar-refractivity contribution in [2.45, 2.75) is 31.7 Å². The van der Waals surface area contributed by atoms with Gasteiger partial charge < -0.3 is 5.32 Å². The van der Waals surface area contributed by atoms with Crippen LogP contribution in [-0.2, 0) is 6.42 Å². The van der Waals surface area contributed by atoms with Crippen molar-refractivity contribution < 1.29 is 0 Å². The van der Waals surface area contributed by atoms with Crippen LogP contribution < -0.4 is 5.32 Å². The zero-order valence-electron chi connectivity index (χ0n) is 10.5. The maximum atomic E-state index is 9.02. The van der Waals surface area contributed by atoms with Gasteiger partial charge in [0.2, 0.25) is 0 Å². The molecule has 1 fully saturated rings. The van der Waals surface area contributed by atoms with Crippen LogP contribution >= 0.6 is 0 Å². The van der Waals surface area contributed by atoms with Crippen LogP contribution in [0.25, 0.3) is 10.9 Å². The molecule has 0 saturated heterocycles. The van der Waals surface area contributed by atoms with Crippen molar-refractivity contribution >= 4 is 10.9 Å². The number of benzene rings is 1. The topological polar surface area (TPSA) is 64.5 Å². The molecule has 2 aromatic rings. The van der Waals surface area contributed by atoms with Crippen molar-refractivity contribution in [3.63, 3.8) is 0 Å². The molecular weight excluding hydrogens is 224 g/mol. The third-order valence-corrected chi connectivity index (χ3v) is 3.72. The first-order valence-electron chi connectivity index (χ1n) is 6.31. The van der Waals surface area contributed by atoms with Crippen LogP contribution in [0.3, 0.4) is 0 Å². The van der Waals surface area contributed by atoms with Crippen molar-refractivity contribution in [1.29, 1.82) is 5.26 Å². The average Bonchev–Trinajstić information content (AvgIpc) is 2.92. The van der Waals surface area contributed by atoms with Crippen molar-refractivity contribution in [2.75, 3.05) is 6.54 Å². The summed E-state index contributed by atoms with van der Waals surface area (Å²) in [4.78, 5) is 0. The molecule has 1 heterocycles. The summed E-state index contributed by atoms with van der Waals surface area (Å²) in [5.41, 5.74) is 3.19. The fraction of sp³-hybridized carbons (Fsp3) is 0.429. The fourth-order valence-corrected chi connectivity index (χ4v) is 2.26. The second-order valence-corrected chi connectivity index (χ2v) is 5.32. The highest BCUT2D eigenvalue weighted by atomic mass is 15.1. The number of fused-ring (bicyclic) bond motifs is 1. The van der Waals surface area contributed by atoms with Gasteiger partial charge in [0.15, 0.2) is 0 Å². The Labute approximate surface area is 106 Å². The minimum atomic E-state index is 0.363. The van der Waals surface area contributed by atoms with Gasteiger partial charge in [-0.2, -0.15) is 10.4 Å².